The Kier molecular flexibility index (Phi) is 6.34. The second kappa shape index (κ2) is 7.13. The number of carbonyl (C=O) groups excluding carboxylic acids is 1. The molecule has 1 saturated carbocycles. The van der Waals surface area contributed by atoms with Gasteiger partial charge < -0.3 is 9.64 Å². The van der Waals surface area contributed by atoms with E-state index in [1.54, 1.807) is 0 Å². The number of piperidine rings is 1. The summed E-state index contributed by atoms with van der Waals surface area (Å²) in [7, 11) is 21.6. The molecule has 9 radical (unpaired) electrons. The van der Waals surface area contributed by atoms with E-state index in [-0.39, 0.29) is 18.1 Å². The molecule has 1 saturated heterocycles. The highest BCUT2D eigenvalue weighted by molar-refractivity contribution is 7.81. The number of rotatable bonds is 2. The average molecular weight is 259 g/mol. The summed E-state index contributed by atoms with van der Waals surface area (Å²) >= 11 is 0. The summed E-state index contributed by atoms with van der Waals surface area (Å²) in [5.74, 6) is 1.57. The Morgan fingerprint density at radius 1 is 1.25 bits per heavy atom. The Hall–Kier alpha value is -0.275. The van der Waals surface area contributed by atoms with E-state index in [4.69, 9.17) is 35.7 Å². The number of carbonyl (C=O) groups is 1. The van der Waals surface area contributed by atoms with E-state index in [1.807, 2.05) is 25.7 Å². The molecule has 20 heavy (non-hydrogen) atoms. The number of hydrogen-bond acceptors (Lipinski definition) is 2. The summed E-state index contributed by atoms with van der Waals surface area (Å²) in [4.78, 5) is 13.4. The lowest BCUT2D eigenvalue weighted by Crippen LogP contribution is -2.43. The van der Waals surface area contributed by atoms with E-state index in [9.17, 15) is 4.79 Å². The van der Waals surface area contributed by atoms with Crippen LogP contribution in [0.2, 0.25) is 0 Å². The van der Waals surface area contributed by atoms with E-state index < -0.39 is 6.39 Å². The predicted octanol–water partition coefficient (Wildman–Crippen LogP) is -0.792. The first-order valence-electron chi connectivity index (χ1n) is 6.93. The summed E-state index contributed by atoms with van der Waals surface area (Å²) in [6.07, 6.45) is 0.254. The van der Waals surface area contributed by atoms with Crippen molar-refractivity contribution in [1.29, 1.82) is 0 Å². The Morgan fingerprint density at radius 3 is 2.05 bits per heavy atom. The summed E-state index contributed by atoms with van der Waals surface area (Å²) in [6.45, 7) is 7.55. The molecule has 10 heteroatoms. The van der Waals surface area contributed by atoms with E-state index in [0.717, 1.165) is 24.9 Å². The second-order valence-electron chi connectivity index (χ2n) is 6.49. The van der Waals surface area contributed by atoms with Crippen LogP contribution in [0.5, 0.6) is 0 Å². The van der Waals surface area contributed by atoms with Gasteiger partial charge in [-0.1, -0.05) is 0 Å². The van der Waals surface area contributed by atoms with Crippen LogP contribution >= 0.6 is 0 Å². The van der Waals surface area contributed by atoms with E-state index >= 15 is 0 Å². The van der Waals surface area contributed by atoms with E-state index in [2.05, 4.69) is 0 Å². The summed E-state index contributed by atoms with van der Waals surface area (Å²) < 4.78 is 5.28. The largest absolute Gasteiger partial charge is 0.444 e. The van der Waals surface area contributed by atoms with Crippen LogP contribution in [-0.2, 0) is 4.74 Å². The number of likely N-dealkylation sites (tertiary alicyclic amines) is 1. The third-order valence-corrected chi connectivity index (χ3v) is 3.30. The fourth-order valence-electron chi connectivity index (χ4n) is 2.00. The van der Waals surface area contributed by atoms with Gasteiger partial charge in [-0.25, -0.2) is 4.79 Å². The smallest absolute Gasteiger partial charge is 0.410 e. The molecule has 0 aromatic heterocycles. The standard InChI is InChI=1S/C10H17NO2.B7/c1-10(2,3)13-9(12)11-5-7-4-8(7)6-11;1-5-7(4)6(2)3/h7-8H,4-6H2,1-3H3;/t7-,8+;. The van der Waals surface area contributed by atoms with Crippen molar-refractivity contribution in [1.82, 2.24) is 4.90 Å². The van der Waals surface area contributed by atoms with Crippen LogP contribution in [0.1, 0.15) is 27.2 Å². The number of nitrogens with zero attached hydrogens (tertiary/aromatic N) is 1. The lowest BCUT2D eigenvalue weighted by Gasteiger charge is -2.25. The highest BCUT2D eigenvalue weighted by atomic mass is 16.6. The molecule has 2 rings (SSSR count). The van der Waals surface area contributed by atoms with Crippen molar-refractivity contribution in [3.63, 3.8) is 0 Å². The van der Waals surface area contributed by atoms with Gasteiger partial charge in [0.1, 0.15) is 5.60 Å². The minimum atomic E-state index is -0.537. The van der Waals surface area contributed by atoms with Gasteiger partial charge in [0.15, 0.2) is 0 Å². The lowest BCUT2D eigenvalue weighted by atomic mass is 8.76. The van der Waals surface area contributed by atoms with E-state index in [1.165, 1.54) is 13.5 Å². The number of hydrogen-bond donors (Lipinski definition) is 0. The highest BCUT2D eigenvalue weighted by Crippen LogP contribution is 2.45. The van der Waals surface area contributed by atoms with Crippen molar-refractivity contribution in [2.75, 3.05) is 13.1 Å². The first-order valence-corrected chi connectivity index (χ1v) is 6.93. The monoisotopic (exact) mass is 260 g/mol. The zero-order valence-corrected chi connectivity index (χ0v) is 12.6. The number of fused-ring (bicyclic) bond motifs is 1. The van der Waals surface area contributed by atoms with Crippen LogP contribution in [-0.4, -0.2) is 80.5 Å². The van der Waals surface area contributed by atoms with Gasteiger partial charge in [-0.05, 0) is 39.0 Å². The van der Waals surface area contributed by atoms with Crippen LogP contribution in [0.3, 0.4) is 0 Å². The maximum atomic E-state index is 11.5. The molecule has 0 N–H and O–H groups in total. The normalized spacial score (nSPS) is 23.1. The Labute approximate surface area is 129 Å². The maximum Gasteiger partial charge on any atom is 0.410 e. The minimum absolute atomic E-state index is 0.139. The first-order chi connectivity index (χ1) is 9.14. The van der Waals surface area contributed by atoms with Crippen molar-refractivity contribution in [3.8, 4) is 0 Å². The van der Waals surface area contributed by atoms with Crippen LogP contribution in [0.25, 0.3) is 0 Å². The van der Waals surface area contributed by atoms with Gasteiger partial charge in [0.2, 0.25) is 0 Å². The molecule has 0 bridgehead atoms. The minimum Gasteiger partial charge on any atom is -0.444 e. The van der Waals surface area contributed by atoms with Gasteiger partial charge in [-0.15, -0.1) is 0 Å². The average Bonchev–Trinajstić information content (AvgIpc) is 2.93. The number of amides is 1. The SMILES string of the molecule is CC(C)(C)OC(=O)N1C[C@H]2C[C@H]2C1.[B][B]B([B])B([B])[B]. The molecule has 1 heterocycles. The molecule has 0 unspecified atom stereocenters. The van der Waals surface area contributed by atoms with Gasteiger partial charge in [0.25, 0.3) is 0 Å². The quantitative estimate of drug-likeness (QED) is 0.608. The summed E-state index contributed by atoms with van der Waals surface area (Å²) in [6, 6.07) is 0. The third kappa shape index (κ3) is 6.01. The highest BCUT2D eigenvalue weighted by Gasteiger charge is 2.47. The molecule has 1 amide bonds. The fourth-order valence-corrected chi connectivity index (χ4v) is 2.00. The van der Waals surface area contributed by atoms with E-state index in [0.29, 0.717) is 0 Å². The van der Waals surface area contributed by atoms with Crippen molar-refractivity contribution in [3.05, 3.63) is 0 Å². The van der Waals surface area contributed by atoms with Crippen molar-refractivity contribution in [2.45, 2.75) is 32.8 Å². The molecule has 3 nitrogen and oxygen atoms in total. The van der Waals surface area contributed by atoms with Crippen LogP contribution < -0.4 is 0 Å². The Balaban J connectivity index is 0.000000246. The topological polar surface area (TPSA) is 29.5 Å². The fraction of sp³-hybridized carbons (Fsp3) is 0.900. The van der Waals surface area contributed by atoms with Crippen LogP contribution in [0.15, 0.2) is 0 Å². The number of ether oxygens (including phenoxy) is 1. The molecule has 1 aliphatic heterocycles. The molecular weight excluding hydrogens is 242 g/mol. The zero-order valence-electron chi connectivity index (χ0n) is 12.6. The Bertz CT molecular complexity index is 326. The van der Waals surface area contributed by atoms with Crippen LogP contribution in [0, 0.1) is 11.8 Å². The zero-order chi connectivity index (χ0) is 15.5. The van der Waals surface area contributed by atoms with Gasteiger partial charge in [0.05, 0.1) is 0 Å². The van der Waals surface area contributed by atoms with Gasteiger partial charge >= 0.3 is 6.09 Å². The summed E-state index contributed by atoms with van der Waals surface area (Å²) in [5, 5.41) is 0. The van der Waals surface area contributed by atoms with Crippen molar-refractivity contribution >= 4 is 56.9 Å². The summed E-state index contributed by atoms with van der Waals surface area (Å²) in [5.41, 5.74) is -0.357. The molecule has 0 aromatic rings. The van der Waals surface area contributed by atoms with Gasteiger partial charge in [0, 0.05) is 63.9 Å². The third-order valence-electron chi connectivity index (χ3n) is 3.30. The van der Waals surface area contributed by atoms with Gasteiger partial charge in [-0.2, -0.15) is 0 Å². The predicted molar refractivity (Wildman–Crippen MR) is 89.7 cm³/mol. The molecule has 0 aromatic carbocycles. The second-order valence-corrected chi connectivity index (χ2v) is 6.49. The molecule has 2 aliphatic rings. The molecular formula is C10H17B7NO2. The molecule has 2 atom stereocenters. The lowest BCUT2D eigenvalue weighted by molar-refractivity contribution is 0.0274. The first kappa shape index (κ1) is 17.8. The van der Waals surface area contributed by atoms with Gasteiger partial charge in [-0.3, -0.25) is 0 Å². The Morgan fingerprint density at radius 2 is 1.75 bits per heavy atom. The maximum absolute atomic E-state index is 11.5. The van der Waals surface area contributed by atoms with Crippen LogP contribution in [0.4, 0.5) is 4.79 Å². The molecule has 95 valence electrons. The molecule has 0 spiro atoms. The molecule has 2 fully saturated rings. The van der Waals surface area contributed by atoms with Crippen molar-refractivity contribution < 1.29 is 9.53 Å². The molecule has 1 aliphatic carbocycles. The van der Waals surface area contributed by atoms with Crippen molar-refractivity contribution in [2.24, 2.45) is 11.8 Å².